The van der Waals surface area contributed by atoms with E-state index in [-0.39, 0.29) is 16.9 Å². The Balaban J connectivity index is 2.04. The average Bonchev–Trinajstić information content (AvgIpc) is 2.63. The molecule has 2 aromatic carbocycles. The van der Waals surface area contributed by atoms with Crippen LogP contribution in [0, 0.1) is 0 Å². The molecule has 1 unspecified atom stereocenters. The highest BCUT2D eigenvalue weighted by molar-refractivity contribution is 6.24. The first-order chi connectivity index (χ1) is 12.4. The molecule has 1 aliphatic rings. The summed E-state index contributed by atoms with van der Waals surface area (Å²) >= 11 is 0. The third kappa shape index (κ3) is 3.72. The fourth-order valence-corrected chi connectivity index (χ4v) is 3.12. The molecular formula is C21H18F3NO. The van der Waals surface area contributed by atoms with Crippen LogP contribution in [0.25, 0.3) is 5.57 Å². The lowest BCUT2D eigenvalue weighted by molar-refractivity contribution is -0.137. The largest absolute Gasteiger partial charge is 0.416 e. The Labute approximate surface area is 150 Å². The molecule has 1 atom stereocenters. The molecule has 0 spiro atoms. The number of hydrogen-bond donors (Lipinski definition) is 0. The summed E-state index contributed by atoms with van der Waals surface area (Å²) in [6, 6.07) is 14.2. The van der Waals surface area contributed by atoms with Gasteiger partial charge in [0.05, 0.1) is 11.5 Å². The monoisotopic (exact) mass is 357 g/mol. The third-order valence-corrected chi connectivity index (χ3v) is 4.38. The van der Waals surface area contributed by atoms with Crippen LogP contribution in [0.1, 0.15) is 22.6 Å². The summed E-state index contributed by atoms with van der Waals surface area (Å²) in [5.41, 5.74) is 0.655. The van der Waals surface area contributed by atoms with Gasteiger partial charge >= 0.3 is 6.18 Å². The van der Waals surface area contributed by atoms with E-state index in [1.807, 2.05) is 35.2 Å². The van der Waals surface area contributed by atoms with Crippen LogP contribution in [0.5, 0.6) is 0 Å². The highest BCUT2D eigenvalue weighted by atomic mass is 19.4. The van der Waals surface area contributed by atoms with Gasteiger partial charge in [-0.3, -0.25) is 4.79 Å². The summed E-state index contributed by atoms with van der Waals surface area (Å²) in [5, 5.41) is 0. The standard InChI is InChI=1S/C21H18F3NO/c1-2-11-25-13-18(15-7-4-3-5-8-15)20(26)19(14-25)16-9-6-10-17(12-16)21(22,23)24/h2-10,12,14,18H,1,11,13H2. The summed E-state index contributed by atoms with van der Waals surface area (Å²) in [7, 11) is 0. The average molecular weight is 357 g/mol. The summed E-state index contributed by atoms with van der Waals surface area (Å²) in [5.74, 6) is -0.596. The summed E-state index contributed by atoms with van der Waals surface area (Å²) in [4.78, 5) is 14.9. The first-order valence-electron chi connectivity index (χ1n) is 8.23. The van der Waals surface area contributed by atoms with E-state index in [1.54, 1.807) is 18.3 Å². The topological polar surface area (TPSA) is 20.3 Å². The summed E-state index contributed by atoms with van der Waals surface area (Å²) in [6.45, 7) is 4.69. The van der Waals surface area contributed by atoms with Crippen LogP contribution in [0.4, 0.5) is 13.2 Å². The van der Waals surface area contributed by atoms with Crippen molar-refractivity contribution in [2.24, 2.45) is 0 Å². The van der Waals surface area contributed by atoms with Crippen molar-refractivity contribution >= 4 is 11.4 Å². The van der Waals surface area contributed by atoms with E-state index >= 15 is 0 Å². The molecule has 0 saturated heterocycles. The molecule has 0 radical (unpaired) electrons. The van der Waals surface area contributed by atoms with Crippen molar-refractivity contribution in [2.75, 3.05) is 13.1 Å². The Kier molecular flexibility index (Phi) is 4.98. The van der Waals surface area contributed by atoms with E-state index < -0.39 is 17.7 Å². The van der Waals surface area contributed by atoms with E-state index in [4.69, 9.17) is 0 Å². The fraction of sp³-hybridized carbons (Fsp3) is 0.190. The second-order valence-corrected chi connectivity index (χ2v) is 6.19. The maximum Gasteiger partial charge on any atom is 0.416 e. The molecule has 2 aromatic rings. The van der Waals surface area contributed by atoms with Crippen molar-refractivity contribution in [3.05, 3.63) is 90.1 Å². The minimum absolute atomic E-state index is 0.171. The molecule has 0 aliphatic carbocycles. The Morgan fingerprint density at radius 1 is 1.12 bits per heavy atom. The van der Waals surface area contributed by atoms with E-state index in [9.17, 15) is 18.0 Å². The minimum Gasteiger partial charge on any atom is -0.372 e. The second-order valence-electron chi connectivity index (χ2n) is 6.19. The predicted octanol–water partition coefficient (Wildman–Crippen LogP) is 4.90. The molecule has 0 aromatic heterocycles. The Hall–Kier alpha value is -2.82. The van der Waals surface area contributed by atoms with Gasteiger partial charge in [0.1, 0.15) is 0 Å². The van der Waals surface area contributed by atoms with Crippen LogP contribution in [0.2, 0.25) is 0 Å². The number of nitrogens with zero attached hydrogens (tertiary/aromatic N) is 1. The van der Waals surface area contributed by atoms with Crippen molar-refractivity contribution in [1.29, 1.82) is 0 Å². The second kappa shape index (κ2) is 7.20. The molecule has 0 N–H and O–H groups in total. The molecule has 2 nitrogen and oxygen atoms in total. The highest BCUT2D eigenvalue weighted by Crippen LogP contribution is 2.35. The van der Waals surface area contributed by atoms with E-state index in [0.29, 0.717) is 13.1 Å². The molecule has 0 saturated carbocycles. The number of halogens is 3. The first kappa shape index (κ1) is 18.0. The molecular weight excluding hydrogens is 339 g/mol. The number of carbonyl (C=O) groups excluding carboxylic acids is 1. The third-order valence-electron chi connectivity index (χ3n) is 4.38. The Morgan fingerprint density at radius 2 is 1.85 bits per heavy atom. The maximum absolute atomic E-state index is 13.0. The highest BCUT2D eigenvalue weighted by Gasteiger charge is 2.33. The molecule has 1 heterocycles. The van der Waals surface area contributed by atoms with Crippen molar-refractivity contribution in [3.63, 3.8) is 0 Å². The Morgan fingerprint density at radius 3 is 2.50 bits per heavy atom. The molecule has 5 heteroatoms. The molecule has 0 fully saturated rings. The van der Waals surface area contributed by atoms with Gasteiger partial charge in [0.25, 0.3) is 0 Å². The zero-order valence-corrected chi connectivity index (χ0v) is 14.0. The number of benzene rings is 2. The molecule has 1 aliphatic heterocycles. The van der Waals surface area contributed by atoms with Crippen LogP contribution in [-0.4, -0.2) is 23.8 Å². The first-order valence-corrected chi connectivity index (χ1v) is 8.23. The van der Waals surface area contributed by atoms with E-state index in [0.717, 1.165) is 17.7 Å². The lowest BCUT2D eigenvalue weighted by Gasteiger charge is -2.31. The number of alkyl halides is 3. The number of ketones is 1. The number of allylic oxidation sites excluding steroid dienone is 1. The quantitative estimate of drug-likeness (QED) is 0.726. The molecule has 0 bridgehead atoms. The normalized spacial score (nSPS) is 17.8. The Bertz CT molecular complexity index is 840. The van der Waals surface area contributed by atoms with E-state index in [2.05, 4.69) is 6.58 Å². The van der Waals surface area contributed by atoms with Gasteiger partial charge in [-0.05, 0) is 23.3 Å². The van der Waals surface area contributed by atoms with Crippen molar-refractivity contribution in [2.45, 2.75) is 12.1 Å². The van der Waals surface area contributed by atoms with Gasteiger partial charge in [0.2, 0.25) is 0 Å². The van der Waals surface area contributed by atoms with Gasteiger partial charge in [-0.2, -0.15) is 13.2 Å². The molecule has 134 valence electrons. The van der Waals surface area contributed by atoms with Crippen molar-refractivity contribution in [3.8, 4) is 0 Å². The zero-order chi connectivity index (χ0) is 18.7. The van der Waals surface area contributed by atoms with Crippen LogP contribution in [-0.2, 0) is 11.0 Å². The lowest BCUT2D eigenvalue weighted by Crippen LogP contribution is -2.34. The van der Waals surface area contributed by atoms with Crippen LogP contribution in [0.15, 0.2) is 73.5 Å². The van der Waals surface area contributed by atoms with Crippen LogP contribution in [0.3, 0.4) is 0 Å². The maximum atomic E-state index is 13.0. The summed E-state index contributed by atoms with van der Waals surface area (Å²) < 4.78 is 39.1. The van der Waals surface area contributed by atoms with Crippen LogP contribution >= 0.6 is 0 Å². The number of rotatable bonds is 4. The van der Waals surface area contributed by atoms with Gasteiger partial charge < -0.3 is 4.90 Å². The minimum atomic E-state index is -4.45. The number of Topliss-reactive ketones (excluding diaryl/α,β-unsaturated/α-hetero) is 1. The fourth-order valence-electron chi connectivity index (χ4n) is 3.12. The van der Waals surface area contributed by atoms with E-state index in [1.165, 1.54) is 6.07 Å². The van der Waals surface area contributed by atoms with Gasteiger partial charge in [0.15, 0.2) is 5.78 Å². The lowest BCUT2D eigenvalue weighted by atomic mass is 9.85. The zero-order valence-electron chi connectivity index (χ0n) is 14.0. The predicted molar refractivity (Wildman–Crippen MR) is 95.4 cm³/mol. The van der Waals surface area contributed by atoms with Gasteiger partial charge in [-0.1, -0.05) is 48.5 Å². The number of hydrogen-bond acceptors (Lipinski definition) is 2. The molecule has 0 amide bonds. The van der Waals surface area contributed by atoms with Gasteiger partial charge in [-0.15, -0.1) is 6.58 Å². The molecule has 26 heavy (non-hydrogen) atoms. The molecule has 3 rings (SSSR count). The van der Waals surface area contributed by atoms with Gasteiger partial charge in [0, 0.05) is 24.9 Å². The van der Waals surface area contributed by atoms with Crippen molar-refractivity contribution < 1.29 is 18.0 Å². The van der Waals surface area contributed by atoms with Crippen molar-refractivity contribution in [1.82, 2.24) is 4.90 Å². The summed E-state index contributed by atoms with van der Waals surface area (Å²) in [6.07, 6.45) is -1.11. The van der Waals surface area contributed by atoms with Crippen LogP contribution < -0.4 is 0 Å². The van der Waals surface area contributed by atoms with Gasteiger partial charge in [-0.25, -0.2) is 0 Å². The number of carbonyl (C=O) groups is 1. The smallest absolute Gasteiger partial charge is 0.372 e. The SMILES string of the molecule is C=CCN1C=C(c2cccc(C(F)(F)F)c2)C(=O)C(c2ccccc2)C1.